The molecule has 3 aromatic rings. The van der Waals surface area contributed by atoms with Crippen LogP contribution in [-0.4, -0.2) is 22.5 Å². The fourth-order valence-corrected chi connectivity index (χ4v) is 3.34. The smallest absolute Gasteiger partial charge is 0.435 e. The molecule has 0 fully saturated rings. The van der Waals surface area contributed by atoms with Gasteiger partial charge in [-0.15, -0.1) is 0 Å². The lowest BCUT2D eigenvalue weighted by Crippen LogP contribution is -2.16. The van der Waals surface area contributed by atoms with E-state index in [-0.39, 0.29) is 0 Å². The highest BCUT2D eigenvalue weighted by molar-refractivity contribution is 5.85. The van der Waals surface area contributed by atoms with Gasteiger partial charge in [-0.3, -0.25) is 0 Å². The standard InChI is InChI=1S/C20H18N2O2/c1-2-24-20(23)22-19(15-9-4-3-5-10-15)17-13-12-14-8-6-7-11-16(14)18(17)21-22/h3-11H,2,12-13H2,1H3. The third-order valence-electron chi connectivity index (χ3n) is 4.39. The average Bonchev–Trinajstić information content (AvgIpc) is 3.03. The van der Waals surface area contributed by atoms with E-state index < -0.39 is 6.09 Å². The summed E-state index contributed by atoms with van der Waals surface area (Å²) in [6.45, 7) is 2.13. The molecular weight excluding hydrogens is 300 g/mol. The van der Waals surface area contributed by atoms with Crippen molar-refractivity contribution in [3.05, 3.63) is 65.7 Å². The summed E-state index contributed by atoms with van der Waals surface area (Å²) in [5, 5.41) is 4.63. The van der Waals surface area contributed by atoms with Crippen molar-refractivity contribution in [2.45, 2.75) is 19.8 Å². The number of carbonyl (C=O) groups is 1. The molecule has 120 valence electrons. The van der Waals surface area contributed by atoms with E-state index in [4.69, 9.17) is 4.74 Å². The molecule has 4 rings (SSSR count). The summed E-state index contributed by atoms with van der Waals surface area (Å²) < 4.78 is 6.64. The quantitative estimate of drug-likeness (QED) is 0.707. The van der Waals surface area contributed by atoms with Crippen LogP contribution in [0.5, 0.6) is 0 Å². The molecule has 0 saturated heterocycles. The van der Waals surface area contributed by atoms with Crippen LogP contribution < -0.4 is 0 Å². The topological polar surface area (TPSA) is 44.1 Å². The Kier molecular flexibility index (Phi) is 3.65. The lowest BCUT2D eigenvalue weighted by Gasteiger charge is -2.15. The monoisotopic (exact) mass is 318 g/mol. The van der Waals surface area contributed by atoms with Crippen molar-refractivity contribution < 1.29 is 9.53 Å². The molecule has 1 aliphatic rings. The van der Waals surface area contributed by atoms with E-state index in [1.54, 1.807) is 6.92 Å². The number of benzene rings is 2. The summed E-state index contributed by atoms with van der Waals surface area (Å²) in [4.78, 5) is 12.4. The molecule has 0 atom stereocenters. The number of ether oxygens (including phenoxy) is 1. The van der Waals surface area contributed by atoms with Gasteiger partial charge in [0.2, 0.25) is 0 Å². The van der Waals surface area contributed by atoms with Crippen molar-refractivity contribution in [3.63, 3.8) is 0 Å². The van der Waals surface area contributed by atoms with Crippen LogP contribution in [0.2, 0.25) is 0 Å². The molecule has 0 bridgehead atoms. The van der Waals surface area contributed by atoms with Crippen molar-refractivity contribution in [2.75, 3.05) is 6.61 Å². The molecule has 0 N–H and O–H groups in total. The number of hydrogen-bond donors (Lipinski definition) is 0. The highest BCUT2D eigenvalue weighted by Gasteiger charge is 2.28. The van der Waals surface area contributed by atoms with Crippen molar-refractivity contribution in [1.82, 2.24) is 9.78 Å². The summed E-state index contributed by atoms with van der Waals surface area (Å²) >= 11 is 0. The third kappa shape index (κ3) is 2.31. The minimum atomic E-state index is -0.428. The molecule has 2 aromatic carbocycles. The van der Waals surface area contributed by atoms with Crippen molar-refractivity contribution >= 4 is 6.09 Å². The lowest BCUT2D eigenvalue weighted by atomic mass is 9.88. The van der Waals surface area contributed by atoms with Gasteiger partial charge in [-0.25, -0.2) is 4.79 Å². The molecule has 1 heterocycles. The second kappa shape index (κ2) is 5.96. The molecule has 4 heteroatoms. The van der Waals surface area contributed by atoms with Crippen LogP contribution in [0.3, 0.4) is 0 Å². The number of rotatable bonds is 2. The van der Waals surface area contributed by atoms with Crippen molar-refractivity contribution in [3.8, 4) is 22.5 Å². The minimum Gasteiger partial charge on any atom is -0.448 e. The molecule has 0 amide bonds. The SMILES string of the molecule is CCOC(=O)n1nc2c(c1-c1ccccc1)CCc1ccccc1-2. The number of aryl methyl sites for hydroxylation is 1. The number of carbonyl (C=O) groups excluding carboxylic acids is 1. The van der Waals surface area contributed by atoms with Gasteiger partial charge in [0, 0.05) is 16.7 Å². The van der Waals surface area contributed by atoms with Gasteiger partial charge in [-0.05, 0) is 25.3 Å². The zero-order valence-electron chi connectivity index (χ0n) is 13.5. The largest absolute Gasteiger partial charge is 0.448 e. The Morgan fingerprint density at radius 1 is 1.08 bits per heavy atom. The fraction of sp³-hybridized carbons (Fsp3) is 0.200. The van der Waals surface area contributed by atoms with Gasteiger partial charge >= 0.3 is 6.09 Å². The molecule has 1 aliphatic carbocycles. The van der Waals surface area contributed by atoms with Crippen LogP contribution in [0.1, 0.15) is 18.1 Å². The zero-order valence-corrected chi connectivity index (χ0v) is 13.5. The van der Waals surface area contributed by atoms with Gasteiger partial charge in [-0.2, -0.15) is 9.78 Å². The summed E-state index contributed by atoms with van der Waals surface area (Å²) in [5.74, 6) is 0. The van der Waals surface area contributed by atoms with E-state index in [9.17, 15) is 4.79 Å². The maximum Gasteiger partial charge on any atom is 0.435 e. The molecule has 0 spiro atoms. The Balaban J connectivity index is 1.96. The van der Waals surface area contributed by atoms with Crippen LogP contribution in [0.25, 0.3) is 22.5 Å². The van der Waals surface area contributed by atoms with Gasteiger partial charge in [0.15, 0.2) is 0 Å². The normalized spacial score (nSPS) is 12.4. The summed E-state index contributed by atoms with van der Waals surface area (Å²) in [5.41, 5.74) is 6.23. The summed E-state index contributed by atoms with van der Waals surface area (Å²) in [7, 11) is 0. The Labute approximate surface area is 140 Å². The first-order valence-electron chi connectivity index (χ1n) is 8.22. The number of nitrogens with zero attached hydrogens (tertiary/aromatic N) is 2. The van der Waals surface area contributed by atoms with Gasteiger partial charge in [0.25, 0.3) is 0 Å². The second-order valence-electron chi connectivity index (χ2n) is 5.81. The van der Waals surface area contributed by atoms with E-state index in [0.29, 0.717) is 6.61 Å². The molecule has 0 radical (unpaired) electrons. The van der Waals surface area contributed by atoms with Crippen LogP contribution >= 0.6 is 0 Å². The van der Waals surface area contributed by atoms with Crippen molar-refractivity contribution in [1.29, 1.82) is 0 Å². The number of fused-ring (bicyclic) bond motifs is 3. The van der Waals surface area contributed by atoms with E-state index in [1.165, 1.54) is 10.2 Å². The molecule has 4 nitrogen and oxygen atoms in total. The highest BCUT2D eigenvalue weighted by atomic mass is 16.5. The fourth-order valence-electron chi connectivity index (χ4n) is 3.34. The predicted octanol–water partition coefficient (Wildman–Crippen LogP) is 4.32. The Morgan fingerprint density at radius 2 is 1.83 bits per heavy atom. The molecule has 0 saturated carbocycles. The first-order chi connectivity index (χ1) is 11.8. The van der Waals surface area contributed by atoms with Gasteiger partial charge in [-0.1, -0.05) is 54.6 Å². The number of aromatic nitrogens is 2. The third-order valence-corrected chi connectivity index (χ3v) is 4.39. The van der Waals surface area contributed by atoms with E-state index in [1.807, 2.05) is 42.5 Å². The van der Waals surface area contributed by atoms with Crippen LogP contribution in [-0.2, 0) is 17.6 Å². The molecule has 1 aromatic heterocycles. The van der Waals surface area contributed by atoms with E-state index in [2.05, 4.69) is 17.2 Å². The van der Waals surface area contributed by atoms with Crippen molar-refractivity contribution in [2.24, 2.45) is 0 Å². The van der Waals surface area contributed by atoms with Crippen LogP contribution in [0.4, 0.5) is 4.79 Å². The average molecular weight is 318 g/mol. The summed E-state index contributed by atoms with van der Waals surface area (Å²) in [6.07, 6.45) is 1.40. The number of hydrogen-bond acceptors (Lipinski definition) is 3. The lowest BCUT2D eigenvalue weighted by molar-refractivity contribution is 0.151. The first-order valence-corrected chi connectivity index (χ1v) is 8.22. The Morgan fingerprint density at radius 3 is 2.62 bits per heavy atom. The highest BCUT2D eigenvalue weighted by Crippen LogP contribution is 2.38. The molecule has 0 unspecified atom stereocenters. The maximum atomic E-state index is 12.4. The molecular formula is C20H18N2O2. The summed E-state index contributed by atoms with van der Waals surface area (Å²) in [6, 6.07) is 18.2. The van der Waals surface area contributed by atoms with Gasteiger partial charge in [0.1, 0.15) is 0 Å². The van der Waals surface area contributed by atoms with Gasteiger partial charge in [0.05, 0.1) is 18.0 Å². The second-order valence-corrected chi connectivity index (χ2v) is 5.81. The first kappa shape index (κ1) is 14.7. The molecule has 24 heavy (non-hydrogen) atoms. The molecule has 0 aliphatic heterocycles. The minimum absolute atomic E-state index is 0.328. The predicted molar refractivity (Wildman–Crippen MR) is 92.9 cm³/mol. The van der Waals surface area contributed by atoms with Crippen LogP contribution in [0.15, 0.2) is 54.6 Å². The van der Waals surface area contributed by atoms with Gasteiger partial charge < -0.3 is 4.74 Å². The Hall–Kier alpha value is -2.88. The van der Waals surface area contributed by atoms with E-state index in [0.717, 1.165) is 40.9 Å². The Bertz CT molecular complexity index is 897. The van der Waals surface area contributed by atoms with E-state index >= 15 is 0 Å². The maximum absolute atomic E-state index is 12.4. The zero-order chi connectivity index (χ0) is 16.5. The van der Waals surface area contributed by atoms with Crippen LogP contribution in [0, 0.1) is 0 Å².